The topological polar surface area (TPSA) is 85.9 Å². The predicted molar refractivity (Wildman–Crippen MR) is 124 cm³/mol. The van der Waals surface area contributed by atoms with E-state index in [1.54, 1.807) is 48.2 Å². The molecular weight excluding hydrogens is 406 g/mol. The van der Waals surface area contributed by atoms with E-state index in [1.165, 1.54) is 4.90 Å². The second kappa shape index (κ2) is 9.08. The lowest BCUT2D eigenvalue weighted by molar-refractivity contribution is -0.123. The summed E-state index contributed by atoms with van der Waals surface area (Å²) in [4.78, 5) is 47.6. The highest BCUT2D eigenvalue weighted by Crippen LogP contribution is 2.36. The molecule has 0 unspecified atom stereocenters. The van der Waals surface area contributed by atoms with Crippen LogP contribution in [-0.2, 0) is 16.1 Å². The van der Waals surface area contributed by atoms with Crippen LogP contribution in [0, 0.1) is 0 Å². The lowest BCUT2D eigenvalue weighted by atomic mass is 9.99. The number of imide groups is 1. The molecule has 0 bridgehead atoms. The third-order valence-corrected chi connectivity index (χ3v) is 5.56. The third-order valence-electron chi connectivity index (χ3n) is 5.56. The van der Waals surface area contributed by atoms with Crippen molar-refractivity contribution < 1.29 is 14.4 Å². The van der Waals surface area contributed by atoms with Crippen LogP contribution in [0.1, 0.15) is 44.7 Å². The van der Waals surface area contributed by atoms with Gasteiger partial charge in [0.25, 0.3) is 5.91 Å². The lowest BCUT2D eigenvalue weighted by Crippen LogP contribution is -2.43. The molecule has 4 amide bonds. The van der Waals surface area contributed by atoms with E-state index in [-0.39, 0.29) is 30.3 Å². The minimum Gasteiger partial charge on any atom is -0.325 e. The Balaban J connectivity index is 1.95. The number of amides is 4. The zero-order valence-electron chi connectivity index (χ0n) is 19.5. The van der Waals surface area contributed by atoms with Crippen molar-refractivity contribution in [3.05, 3.63) is 53.9 Å². The average molecular weight is 438 g/mol. The minimum atomic E-state index is -1.01. The van der Waals surface area contributed by atoms with Crippen LogP contribution in [0.25, 0.3) is 0 Å². The molecule has 0 aliphatic carbocycles. The summed E-state index contributed by atoms with van der Waals surface area (Å²) in [5, 5.41) is 2.94. The van der Waals surface area contributed by atoms with Crippen molar-refractivity contribution in [2.75, 3.05) is 30.9 Å². The highest BCUT2D eigenvalue weighted by Gasteiger charge is 2.51. The van der Waals surface area contributed by atoms with E-state index >= 15 is 0 Å². The van der Waals surface area contributed by atoms with Crippen molar-refractivity contribution in [3.8, 4) is 0 Å². The molecule has 32 heavy (non-hydrogen) atoms. The number of rotatable bonds is 7. The Morgan fingerprint density at radius 3 is 2.38 bits per heavy atom. The third kappa shape index (κ3) is 4.65. The maximum absolute atomic E-state index is 13.4. The predicted octanol–water partition coefficient (Wildman–Crippen LogP) is 3.45. The van der Waals surface area contributed by atoms with E-state index in [4.69, 9.17) is 0 Å². The van der Waals surface area contributed by atoms with Crippen LogP contribution < -0.4 is 10.2 Å². The number of carbonyl (C=O) groups is 3. The van der Waals surface area contributed by atoms with Gasteiger partial charge in [-0.15, -0.1) is 0 Å². The van der Waals surface area contributed by atoms with Gasteiger partial charge in [0.05, 0.1) is 12.2 Å². The number of likely N-dealkylation sites (N-methyl/N-ethyl adjacent to an activating group) is 1. The number of aromatic nitrogens is 1. The summed E-state index contributed by atoms with van der Waals surface area (Å²) >= 11 is 0. The molecule has 1 N–H and O–H groups in total. The number of nitrogens with one attached hydrogen (secondary N) is 1. The Morgan fingerprint density at radius 1 is 1.12 bits per heavy atom. The molecule has 0 atom stereocenters. The van der Waals surface area contributed by atoms with Crippen LogP contribution in [0.3, 0.4) is 0 Å². The molecule has 8 nitrogen and oxygen atoms in total. The van der Waals surface area contributed by atoms with E-state index in [1.807, 2.05) is 46.1 Å². The highest BCUT2D eigenvalue weighted by molar-refractivity contribution is 6.23. The van der Waals surface area contributed by atoms with Crippen LogP contribution in [0.5, 0.6) is 0 Å². The van der Waals surface area contributed by atoms with Crippen molar-refractivity contribution in [1.29, 1.82) is 0 Å². The number of pyridine rings is 1. The zero-order chi connectivity index (χ0) is 23.6. The number of anilines is 2. The van der Waals surface area contributed by atoms with Gasteiger partial charge >= 0.3 is 6.03 Å². The number of hydrogen-bond donors (Lipinski definition) is 1. The summed E-state index contributed by atoms with van der Waals surface area (Å²) < 4.78 is 0. The Morgan fingerprint density at radius 2 is 1.78 bits per heavy atom. The van der Waals surface area contributed by atoms with Gasteiger partial charge < -0.3 is 15.1 Å². The number of urea groups is 1. The molecule has 0 saturated carbocycles. The number of carbonyl (C=O) groups excluding carboxylic acids is 3. The van der Waals surface area contributed by atoms with Gasteiger partial charge in [-0.25, -0.2) is 9.69 Å². The first kappa shape index (κ1) is 23.4. The SMILES string of the molecule is CC(C)c1ccc(N2C(=O)N(Cc3ccncc3)C(C)(C)C2=O)cc1NC(=O)CN(C)C. The molecular formula is C24H31N5O3. The molecule has 1 fully saturated rings. The minimum absolute atomic E-state index is 0.156. The Bertz CT molecular complexity index is 1020. The van der Waals surface area contributed by atoms with Crippen molar-refractivity contribution in [2.45, 2.75) is 45.7 Å². The molecule has 0 spiro atoms. The van der Waals surface area contributed by atoms with Crippen molar-refractivity contribution in [1.82, 2.24) is 14.8 Å². The van der Waals surface area contributed by atoms with Gasteiger partial charge in [-0.05, 0) is 69.3 Å². The zero-order valence-corrected chi connectivity index (χ0v) is 19.5. The van der Waals surface area contributed by atoms with Gasteiger partial charge in [0.15, 0.2) is 0 Å². The summed E-state index contributed by atoms with van der Waals surface area (Å²) in [6.07, 6.45) is 3.32. The molecule has 2 aromatic rings. The molecule has 1 aromatic heterocycles. The lowest BCUT2D eigenvalue weighted by Gasteiger charge is -2.27. The maximum atomic E-state index is 13.4. The largest absolute Gasteiger partial charge is 0.332 e. The second-order valence-electron chi connectivity index (χ2n) is 9.14. The number of benzene rings is 1. The van der Waals surface area contributed by atoms with Crippen LogP contribution in [0.2, 0.25) is 0 Å². The van der Waals surface area contributed by atoms with Crippen LogP contribution in [-0.4, -0.2) is 58.8 Å². The first-order valence-corrected chi connectivity index (χ1v) is 10.7. The van der Waals surface area contributed by atoms with E-state index in [9.17, 15) is 14.4 Å². The van der Waals surface area contributed by atoms with Crippen LogP contribution >= 0.6 is 0 Å². The molecule has 1 aliphatic heterocycles. The molecule has 8 heteroatoms. The van der Waals surface area contributed by atoms with Gasteiger partial charge in [0.2, 0.25) is 5.91 Å². The quantitative estimate of drug-likeness (QED) is 0.671. The molecule has 1 aliphatic rings. The standard InChI is InChI=1S/C24H31N5O3/c1-16(2)19-8-7-18(13-20(19)26-21(30)15-27(5)6)29-22(31)24(3,4)28(23(29)32)14-17-9-11-25-12-10-17/h7-13,16H,14-15H2,1-6H3,(H,26,30). The summed E-state index contributed by atoms with van der Waals surface area (Å²) in [6.45, 7) is 8.08. The summed E-state index contributed by atoms with van der Waals surface area (Å²) in [5.74, 6) is -0.310. The van der Waals surface area contributed by atoms with Gasteiger partial charge in [0, 0.05) is 24.6 Å². The maximum Gasteiger partial charge on any atom is 0.332 e. The van der Waals surface area contributed by atoms with E-state index in [0.717, 1.165) is 11.1 Å². The fraction of sp³-hybridized carbons (Fsp3) is 0.417. The highest BCUT2D eigenvalue weighted by atomic mass is 16.2. The average Bonchev–Trinajstić information content (AvgIpc) is 2.87. The first-order chi connectivity index (χ1) is 15.0. The van der Waals surface area contributed by atoms with Gasteiger partial charge in [-0.1, -0.05) is 19.9 Å². The summed E-state index contributed by atoms with van der Waals surface area (Å²) in [7, 11) is 3.64. The van der Waals surface area contributed by atoms with Crippen molar-refractivity contribution >= 4 is 29.2 Å². The smallest absolute Gasteiger partial charge is 0.325 e. The Hall–Kier alpha value is -3.26. The fourth-order valence-electron chi connectivity index (χ4n) is 3.77. The normalized spacial score (nSPS) is 15.8. The molecule has 2 heterocycles. The van der Waals surface area contributed by atoms with Gasteiger partial charge in [-0.3, -0.25) is 14.6 Å². The van der Waals surface area contributed by atoms with Crippen molar-refractivity contribution in [2.24, 2.45) is 0 Å². The van der Waals surface area contributed by atoms with Gasteiger partial charge in [0.1, 0.15) is 5.54 Å². The van der Waals surface area contributed by atoms with E-state index in [0.29, 0.717) is 17.9 Å². The second-order valence-corrected chi connectivity index (χ2v) is 9.14. The van der Waals surface area contributed by atoms with Crippen molar-refractivity contribution in [3.63, 3.8) is 0 Å². The molecule has 170 valence electrons. The molecule has 1 aromatic carbocycles. The van der Waals surface area contributed by atoms with Crippen LogP contribution in [0.4, 0.5) is 16.2 Å². The fourth-order valence-corrected chi connectivity index (χ4v) is 3.77. The monoisotopic (exact) mass is 437 g/mol. The number of hydrogen-bond acceptors (Lipinski definition) is 5. The molecule has 1 saturated heterocycles. The van der Waals surface area contributed by atoms with Gasteiger partial charge in [-0.2, -0.15) is 0 Å². The summed E-state index contributed by atoms with van der Waals surface area (Å²) in [5.41, 5.74) is 1.87. The first-order valence-electron chi connectivity index (χ1n) is 10.7. The number of nitrogens with zero attached hydrogens (tertiary/aromatic N) is 4. The van der Waals surface area contributed by atoms with Crippen LogP contribution in [0.15, 0.2) is 42.7 Å². The summed E-state index contributed by atoms with van der Waals surface area (Å²) in [6, 6.07) is 8.60. The molecule has 3 rings (SSSR count). The Labute approximate surface area is 189 Å². The van der Waals surface area contributed by atoms with E-state index < -0.39 is 5.54 Å². The Kier molecular flexibility index (Phi) is 6.64. The molecule has 0 radical (unpaired) electrons. The van der Waals surface area contributed by atoms with E-state index in [2.05, 4.69) is 10.3 Å².